The van der Waals surface area contributed by atoms with Gasteiger partial charge in [0.25, 0.3) is 0 Å². The molecule has 1 amide bonds. The van der Waals surface area contributed by atoms with Crippen molar-refractivity contribution in [1.82, 2.24) is 10.2 Å². The average molecular weight is 432 g/mol. The molecule has 166 valence electrons. The fraction of sp³-hybridized carbons (Fsp3) is 0.435. The maximum Gasteiger partial charge on any atom is 0.222 e. The minimum absolute atomic E-state index is 0.0200. The third-order valence-electron chi connectivity index (χ3n) is 6.06. The predicted molar refractivity (Wildman–Crippen MR) is 110 cm³/mol. The Balaban J connectivity index is 1.71. The van der Waals surface area contributed by atoms with E-state index in [9.17, 15) is 13.6 Å². The van der Waals surface area contributed by atoms with Crippen LogP contribution in [0.4, 0.5) is 8.78 Å². The Bertz CT molecular complexity index is 950. The first kappa shape index (κ1) is 21.5. The van der Waals surface area contributed by atoms with Gasteiger partial charge in [-0.25, -0.2) is 8.78 Å². The van der Waals surface area contributed by atoms with E-state index < -0.39 is 23.1 Å². The Morgan fingerprint density at radius 3 is 2.61 bits per heavy atom. The summed E-state index contributed by atoms with van der Waals surface area (Å²) in [6.45, 7) is 1.66. The third-order valence-corrected chi connectivity index (χ3v) is 6.06. The number of methoxy groups -OCH3 is 2. The molecule has 8 heteroatoms. The number of amides is 1. The molecule has 0 bridgehead atoms. The highest BCUT2D eigenvalue weighted by atomic mass is 19.1. The molecule has 6 nitrogen and oxygen atoms in total. The number of para-hydroxylation sites is 1. The van der Waals surface area contributed by atoms with Crippen molar-refractivity contribution in [3.05, 3.63) is 59.2 Å². The lowest BCUT2D eigenvalue weighted by Gasteiger charge is -2.34. The fourth-order valence-electron chi connectivity index (χ4n) is 4.73. The Morgan fingerprint density at radius 1 is 1.16 bits per heavy atom. The van der Waals surface area contributed by atoms with Crippen molar-refractivity contribution in [3.8, 4) is 11.5 Å². The number of rotatable bonds is 5. The van der Waals surface area contributed by atoms with E-state index in [0.717, 1.165) is 5.56 Å². The predicted octanol–water partition coefficient (Wildman–Crippen LogP) is 2.86. The zero-order chi connectivity index (χ0) is 22.0. The molecule has 2 atom stereocenters. The Morgan fingerprint density at radius 2 is 1.90 bits per heavy atom. The lowest BCUT2D eigenvalue weighted by Crippen LogP contribution is -2.55. The molecule has 31 heavy (non-hydrogen) atoms. The van der Waals surface area contributed by atoms with Crippen molar-refractivity contribution in [2.24, 2.45) is 0 Å². The molecule has 0 aromatic heterocycles. The molecule has 0 aliphatic carbocycles. The maximum atomic E-state index is 14.8. The van der Waals surface area contributed by atoms with Crippen LogP contribution in [0.1, 0.15) is 23.5 Å². The lowest BCUT2D eigenvalue weighted by molar-refractivity contribution is -0.122. The van der Waals surface area contributed by atoms with Gasteiger partial charge in [0.1, 0.15) is 11.6 Å². The first-order chi connectivity index (χ1) is 15.0. The van der Waals surface area contributed by atoms with Crippen LogP contribution in [0.15, 0.2) is 36.4 Å². The molecule has 2 aliphatic rings. The van der Waals surface area contributed by atoms with Crippen LogP contribution in [-0.2, 0) is 16.1 Å². The molecule has 0 saturated carbocycles. The minimum Gasteiger partial charge on any atom is -0.493 e. The number of benzene rings is 2. The van der Waals surface area contributed by atoms with Crippen LogP contribution in [-0.4, -0.2) is 56.9 Å². The molecule has 2 aliphatic heterocycles. The summed E-state index contributed by atoms with van der Waals surface area (Å²) >= 11 is 0. The van der Waals surface area contributed by atoms with Gasteiger partial charge in [0.05, 0.1) is 33.0 Å². The number of nitrogens with zero attached hydrogens (tertiary/aromatic N) is 1. The highest BCUT2D eigenvalue weighted by Crippen LogP contribution is 2.41. The van der Waals surface area contributed by atoms with Crippen LogP contribution in [0.3, 0.4) is 0 Å². The normalized spacial score (nSPS) is 24.1. The molecule has 2 aromatic carbocycles. The number of hydrogen-bond acceptors (Lipinski definition) is 5. The molecule has 2 fully saturated rings. The van der Waals surface area contributed by atoms with E-state index in [1.54, 1.807) is 14.2 Å². The number of nitrogens with one attached hydrogen (secondary N) is 1. The summed E-state index contributed by atoms with van der Waals surface area (Å²) in [5.74, 6) is -0.808. The van der Waals surface area contributed by atoms with Gasteiger partial charge in [0, 0.05) is 43.1 Å². The maximum absolute atomic E-state index is 14.8. The highest BCUT2D eigenvalue weighted by molar-refractivity contribution is 5.77. The second kappa shape index (κ2) is 8.80. The molecule has 0 radical (unpaired) electrons. The van der Waals surface area contributed by atoms with Crippen LogP contribution in [0.25, 0.3) is 0 Å². The summed E-state index contributed by atoms with van der Waals surface area (Å²) in [6, 6.07) is 9.44. The molecule has 2 heterocycles. The molecular weight excluding hydrogens is 406 g/mol. The van der Waals surface area contributed by atoms with Gasteiger partial charge in [-0.1, -0.05) is 18.2 Å². The summed E-state index contributed by atoms with van der Waals surface area (Å²) in [4.78, 5) is 14.5. The van der Waals surface area contributed by atoms with Crippen LogP contribution >= 0.6 is 0 Å². The second-order valence-corrected chi connectivity index (χ2v) is 8.02. The number of carbonyl (C=O) groups excluding carboxylic acids is 1. The van der Waals surface area contributed by atoms with Gasteiger partial charge >= 0.3 is 0 Å². The molecular formula is C23H26F2N2O4. The van der Waals surface area contributed by atoms with Gasteiger partial charge in [-0.2, -0.15) is 0 Å². The van der Waals surface area contributed by atoms with Crippen LogP contribution in [0, 0.1) is 11.6 Å². The average Bonchev–Trinajstić information content (AvgIpc) is 2.95. The van der Waals surface area contributed by atoms with Gasteiger partial charge in [-0.3, -0.25) is 9.69 Å². The largest absolute Gasteiger partial charge is 0.493 e. The van der Waals surface area contributed by atoms with Crippen LogP contribution < -0.4 is 14.8 Å². The molecule has 1 spiro atoms. The van der Waals surface area contributed by atoms with E-state index >= 15 is 0 Å². The van der Waals surface area contributed by atoms with Gasteiger partial charge in [0.15, 0.2) is 11.5 Å². The second-order valence-electron chi connectivity index (χ2n) is 8.02. The Kier molecular flexibility index (Phi) is 6.11. The lowest BCUT2D eigenvalue weighted by atomic mass is 9.81. The molecule has 2 saturated heterocycles. The minimum atomic E-state index is -0.928. The highest BCUT2D eigenvalue weighted by Gasteiger charge is 2.51. The zero-order valence-electron chi connectivity index (χ0n) is 17.6. The van der Waals surface area contributed by atoms with Crippen molar-refractivity contribution in [3.63, 3.8) is 0 Å². The summed E-state index contributed by atoms with van der Waals surface area (Å²) in [7, 11) is 3.14. The van der Waals surface area contributed by atoms with Crippen molar-refractivity contribution in [2.75, 3.05) is 40.5 Å². The molecule has 4 rings (SSSR count). The first-order valence-electron chi connectivity index (χ1n) is 10.2. The smallest absolute Gasteiger partial charge is 0.222 e. The van der Waals surface area contributed by atoms with Crippen molar-refractivity contribution >= 4 is 5.91 Å². The van der Waals surface area contributed by atoms with E-state index in [1.165, 1.54) is 18.2 Å². The molecule has 2 aromatic rings. The third kappa shape index (κ3) is 4.09. The number of carbonyl (C=O) groups is 1. The van der Waals surface area contributed by atoms with Crippen molar-refractivity contribution in [2.45, 2.75) is 24.4 Å². The summed E-state index contributed by atoms with van der Waals surface area (Å²) in [6.07, 6.45) is 0.220. The number of ether oxygens (including phenoxy) is 3. The van der Waals surface area contributed by atoms with Gasteiger partial charge < -0.3 is 19.5 Å². The van der Waals surface area contributed by atoms with Crippen LogP contribution in [0.5, 0.6) is 11.5 Å². The fourth-order valence-corrected chi connectivity index (χ4v) is 4.73. The SMILES string of the molecule is COc1cccc(CN2C[C@@H](c3c(F)cccc3F)[C@@]3(COCCC(=O)N3)C2)c1OC. The van der Waals surface area contributed by atoms with Crippen molar-refractivity contribution in [1.29, 1.82) is 0 Å². The quantitative estimate of drug-likeness (QED) is 0.788. The summed E-state index contributed by atoms with van der Waals surface area (Å²) in [5, 5.41) is 3.03. The standard InChI is InChI=1S/C23H26F2N2O4/c1-29-19-8-3-5-15(22(19)30-2)11-27-12-16(21-17(24)6-4-7-18(21)25)23(13-27)14-31-10-9-20(28)26-23/h3-8,16H,9-14H2,1-2H3,(H,26,28)/t16-,23-/m0/s1. The Hall–Kier alpha value is -2.71. The van der Waals surface area contributed by atoms with Crippen LogP contribution in [0.2, 0.25) is 0 Å². The Labute approximate surface area is 180 Å². The van der Waals surface area contributed by atoms with Gasteiger partial charge in [-0.15, -0.1) is 0 Å². The number of hydrogen-bond donors (Lipinski definition) is 1. The zero-order valence-corrected chi connectivity index (χ0v) is 17.6. The van der Waals surface area contributed by atoms with E-state index in [0.29, 0.717) is 31.1 Å². The van der Waals surface area contributed by atoms with E-state index in [4.69, 9.17) is 14.2 Å². The molecule has 0 unspecified atom stereocenters. The van der Waals surface area contributed by atoms with E-state index in [-0.39, 0.29) is 31.1 Å². The number of halogens is 2. The molecule has 1 N–H and O–H groups in total. The monoisotopic (exact) mass is 432 g/mol. The van der Waals surface area contributed by atoms with E-state index in [1.807, 2.05) is 18.2 Å². The summed E-state index contributed by atoms with van der Waals surface area (Å²) in [5.41, 5.74) is -0.0659. The van der Waals surface area contributed by atoms with Crippen molar-refractivity contribution < 1.29 is 27.8 Å². The summed E-state index contributed by atoms with van der Waals surface area (Å²) < 4.78 is 46.2. The van der Waals surface area contributed by atoms with Gasteiger partial charge in [0.2, 0.25) is 5.91 Å². The van der Waals surface area contributed by atoms with Gasteiger partial charge in [-0.05, 0) is 18.2 Å². The first-order valence-corrected chi connectivity index (χ1v) is 10.2. The number of likely N-dealkylation sites (tertiary alicyclic amines) is 1. The van der Waals surface area contributed by atoms with E-state index in [2.05, 4.69) is 10.2 Å². The topological polar surface area (TPSA) is 60.0 Å².